The first-order valence-electron chi connectivity index (χ1n) is 10.7. The molecule has 4 atom stereocenters. The minimum Gasteiger partial charge on any atom is -0.360 e. The van der Waals surface area contributed by atoms with Gasteiger partial charge in [-0.2, -0.15) is 0 Å². The van der Waals surface area contributed by atoms with Gasteiger partial charge in [0.15, 0.2) is 0 Å². The first-order chi connectivity index (χ1) is 15.0. The third kappa shape index (κ3) is 2.81. The van der Waals surface area contributed by atoms with Crippen molar-refractivity contribution in [3.63, 3.8) is 0 Å². The lowest BCUT2D eigenvalue weighted by molar-refractivity contribution is -0.146. The van der Waals surface area contributed by atoms with E-state index in [2.05, 4.69) is 15.0 Å². The van der Waals surface area contributed by atoms with Gasteiger partial charge in [0.05, 0.1) is 48.6 Å². The molecule has 2 amide bonds. The number of hydrogen-bond donors (Lipinski definition) is 0. The molecule has 6 rings (SSSR count). The van der Waals surface area contributed by atoms with Crippen molar-refractivity contribution >= 4 is 11.8 Å². The van der Waals surface area contributed by atoms with Crippen LogP contribution >= 0.6 is 0 Å². The molecular formula is C23H23N5O3. The van der Waals surface area contributed by atoms with Crippen LogP contribution in [0.15, 0.2) is 49.1 Å². The molecule has 0 aliphatic carbocycles. The summed E-state index contributed by atoms with van der Waals surface area (Å²) in [5, 5.41) is 0. The Morgan fingerprint density at radius 2 is 2.13 bits per heavy atom. The molecule has 0 N–H and O–H groups in total. The molecule has 4 aliphatic rings. The largest absolute Gasteiger partial charge is 0.360 e. The van der Waals surface area contributed by atoms with Crippen molar-refractivity contribution < 1.29 is 14.3 Å². The van der Waals surface area contributed by atoms with Crippen LogP contribution in [0, 0.1) is 18.8 Å². The van der Waals surface area contributed by atoms with Crippen LogP contribution in [-0.4, -0.2) is 67.9 Å². The highest BCUT2D eigenvalue weighted by Gasteiger charge is 2.67. The minimum absolute atomic E-state index is 0.0201. The summed E-state index contributed by atoms with van der Waals surface area (Å²) in [6.45, 7) is 4.02. The van der Waals surface area contributed by atoms with Crippen LogP contribution in [-0.2, 0) is 20.9 Å². The lowest BCUT2D eigenvalue weighted by atomic mass is 9.75. The molecular weight excluding hydrogens is 394 g/mol. The Bertz CT molecular complexity index is 1070. The number of pyridine rings is 1. The van der Waals surface area contributed by atoms with Crippen LogP contribution in [0.25, 0.3) is 0 Å². The van der Waals surface area contributed by atoms with Crippen molar-refractivity contribution in [1.29, 1.82) is 0 Å². The van der Waals surface area contributed by atoms with E-state index < -0.39 is 17.4 Å². The van der Waals surface area contributed by atoms with Gasteiger partial charge in [0, 0.05) is 37.6 Å². The maximum atomic E-state index is 13.4. The second kappa shape index (κ2) is 6.68. The van der Waals surface area contributed by atoms with Crippen LogP contribution in [0.4, 0.5) is 0 Å². The number of hydrogen-bond acceptors (Lipinski definition) is 6. The number of rotatable bonds is 4. The fraction of sp³-hybridized carbons (Fsp3) is 0.435. The number of likely N-dealkylation sites (tertiary alicyclic amines) is 2. The Kier molecular flexibility index (Phi) is 4.02. The molecule has 0 unspecified atom stereocenters. The number of fused-ring (bicyclic) bond motifs is 1. The monoisotopic (exact) mass is 417 g/mol. The maximum Gasteiger partial charge on any atom is 0.230 e. The van der Waals surface area contributed by atoms with E-state index in [9.17, 15) is 9.59 Å². The van der Waals surface area contributed by atoms with Crippen molar-refractivity contribution in [2.24, 2.45) is 11.8 Å². The lowest BCUT2D eigenvalue weighted by Gasteiger charge is -2.42. The summed E-state index contributed by atoms with van der Waals surface area (Å²) < 4.78 is 6.24. The van der Waals surface area contributed by atoms with Gasteiger partial charge in [-0.1, -0.05) is 18.2 Å². The molecule has 0 aromatic carbocycles. The normalized spacial score (nSPS) is 31.3. The van der Waals surface area contributed by atoms with Crippen molar-refractivity contribution in [1.82, 2.24) is 24.8 Å². The molecule has 3 fully saturated rings. The van der Waals surface area contributed by atoms with Crippen LogP contribution in [0.1, 0.15) is 22.9 Å². The molecule has 8 nitrogen and oxygen atoms in total. The number of aryl methyl sites for hydroxylation is 1. The van der Waals surface area contributed by atoms with Gasteiger partial charge in [-0.15, -0.1) is 0 Å². The smallest absolute Gasteiger partial charge is 0.230 e. The molecule has 0 saturated carbocycles. The molecule has 2 bridgehead atoms. The second-order valence-electron chi connectivity index (χ2n) is 8.97. The van der Waals surface area contributed by atoms with Crippen LogP contribution in [0.2, 0.25) is 0 Å². The number of nitrogens with zero attached hydrogens (tertiary/aromatic N) is 5. The predicted molar refractivity (Wildman–Crippen MR) is 109 cm³/mol. The van der Waals surface area contributed by atoms with Gasteiger partial charge in [0.1, 0.15) is 5.60 Å². The van der Waals surface area contributed by atoms with Crippen LogP contribution < -0.4 is 0 Å². The zero-order valence-corrected chi connectivity index (χ0v) is 17.2. The third-order valence-corrected chi connectivity index (χ3v) is 7.00. The van der Waals surface area contributed by atoms with Gasteiger partial charge >= 0.3 is 0 Å². The van der Waals surface area contributed by atoms with E-state index in [0.29, 0.717) is 32.1 Å². The molecule has 1 spiro atoms. The zero-order chi connectivity index (χ0) is 21.2. The van der Waals surface area contributed by atoms with Crippen molar-refractivity contribution in [3.05, 3.63) is 66.0 Å². The van der Waals surface area contributed by atoms with E-state index in [0.717, 1.165) is 17.0 Å². The van der Waals surface area contributed by atoms with Crippen molar-refractivity contribution in [3.8, 4) is 0 Å². The van der Waals surface area contributed by atoms with Gasteiger partial charge in [0.2, 0.25) is 11.8 Å². The zero-order valence-electron chi connectivity index (χ0n) is 17.2. The van der Waals surface area contributed by atoms with E-state index in [1.54, 1.807) is 23.5 Å². The number of aromatic nitrogens is 3. The molecule has 2 aromatic heterocycles. The number of ether oxygens (including phenoxy) is 1. The Morgan fingerprint density at radius 3 is 2.87 bits per heavy atom. The Labute approximate surface area is 179 Å². The molecule has 8 heteroatoms. The summed E-state index contributed by atoms with van der Waals surface area (Å²) >= 11 is 0. The average Bonchev–Trinajstić information content (AvgIpc) is 3.38. The van der Waals surface area contributed by atoms with E-state index in [-0.39, 0.29) is 17.9 Å². The number of carbonyl (C=O) groups is 2. The number of carbonyl (C=O) groups excluding carboxylic acids is 2. The molecule has 3 saturated heterocycles. The highest BCUT2D eigenvalue weighted by molar-refractivity contribution is 5.93. The average molecular weight is 417 g/mol. The second-order valence-corrected chi connectivity index (χ2v) is 8.97. The van der Waals surface area contributed by atoms with Crippen molar-refractivity contribution in [2.75, 3.05) is 19.6 Å². The number of amides is 2. The van der Waals surface area contributed by atoms with E-state index >= 15 is 0 Å². The summed E-state index contributed by atoms with van der Waals surface area (Å²) in [5.74, 6) is -0.631. The maximum absolute atomic E-state index is 13.4. The third-order valence-electron chi connectivity index (χ3n) is 7.00. The fourth-order valence-electron chi connectivity index (χ4n) is 5.39. The minimum atomic E-state index is -0.701. The summed E-state index contributed by atoms with van der Waals surface area (Å²) in [6, 6.07) is 3.96. The van der Waals surface area contributed by atoms with Crippen LogP contribution in [0.3, 0.4) is 0 Å². The summed E-state index contributed by atoms with van der Waals surface area (Å²) in [4.78, 5) is 43.2. The highest BCUT2D eigenvalue weighted by Crippen LogP contribution is 2.53. The summed E-state index contributed by atoms with van der Waals surface area (Å²) in [7, 11) is 0. The Balaban J connectivity index is 1.18. The SMILES string of the molecule is Cc1cnc(CN2C[C@]34C=C[C@H](O3)[C@@H](C(=O)N3CC(c5cccnc5)C3)[C@H]4C2=O)cn1. The first-order valence-corrected chi connectivity index (χ1v) is 10.7. The topological polar surface area (TPSA) is 88.5 Å². The molecule has 2 aromatic rings. The van der Waals surface area contributed by atoms with Gasteiger partial charge in [0.25, 0.3) is 0 Å². The van der Waals surface area contributed by atoms with Gasteiger partial charge in [-0.3, -0.25) is 24.5 Å². The van der Waals surface area contributed by atoms with E-state index in [1.807, 2.05) is 42.3 Å². The molecule has 6 heterocycles. The van der Waals surface area contributed by atoms with Gasteiger partial charge < -0.3 is 14.5 Å². The molecule has 4 aliphatic heterocycles. The molecule has 0 radical (unpaired) electrons. The van der Waals surface area contributed by atoms with E-state index in [4.69, 9.17) is 4.74 Å². The van der Waals surface area contributed by atoms with Gasteiger partial charge in [-0.05, 0) is 18.6 Å². The predicted octanol–water partition coefficient (Wildman–Crippen LogP) is 1.09. The van der Waals surface area contributed by atoms with Gasteiger partial charge in [-0.25, -0.2) is 0 Å². The van der Waals surface area contributed by atoms with Crippen LogP contribution in [0.5, 0.6) is 0 Å². The summed E-state index contributed by atoms with van der Waals surface area (Å²) in [5.41, 5.74) is 2.02. The highest BCUT2D eigenvalue weighted by atomic mass is 16.5. The van der Waals surface area contributed by atoms with E-state index in [1.165, 1.54) is 0 Å². The summed E-state index contributed by atoms with van der Waals surface area (Å²) in [6.07, 6.45) is 10.6. The quantitative estimate of drug-likeness (QED) is 0.692. The first kappa shape index (κ1) is 18.6. The lowest BCUT2D eigenvalue weighted by Crippen LogP contribution is -2.54. The Morgan fingerprint density at radius 1 is 1.26 bits per heavy atom. The Hall–Kier alpha value is -3.13. The van der Waals surface area contributed by atoms with Crippen molar-refractivity contribution in [2.45, 2.75) is 31.1 Å². The fourth-order valence-corrected chi connectivity index (χ4v) is 5.39. The molecule has 158 valence electrons. The molecule has 31 heavy (non-hydrogen) atoms. The standard InChI is InChI=1S/C23H23N5O3/c1-14-7-26-17(9-25-14)12-28-13-23-5-4-18(31-23)19(20(23)22(28)30)21(29)27-10-16(11-27)15-3-2-6-24-8-15/h2-9,16,18-20H,10-13H2,1H3/t18-,19+,20-,23-/m0/s1.